The number of ether oxygens (including phenoxy) is 1. The molecule has 0 radical (unpaired) electrons. The number of hydrogen-bond acceptors (Lipinski definition) is 5. The minimum absolute atomic E-state index is 0.284. The van der Waals surface area contributed by atoms with Gasteiger partial charge in [0.2, 0.25) is 0 Å². The first-order chi connectivity index (χ1) is 13.3. The molecule has 0 saturated heterocycles. The fourth-order valence-electron chi connectivity index (χ4n) is 3.32. The van der Waals surface area contributed by atoms with Gasteiger partial charge in [0.1, 0.15) is 0 Å². The summed E-state index contributed by atoms with van der Waals surface area (Å²) >= 11 is 0. The smallest absolute Gasteiger partial charge is 0.360 e. The van der Waals surface area contributed by atoms with E-state index in [-0.39, 0.29) is 5.69 Å². The molecule has 5 nitrogen and oxygen atoms in total. The summed E-state index contributed by atoms with van der Waals surface area (Å²) in [6.45, 7) is 3.57. The topological polar surface area (TPSA) is 55.3 Å². The standard InChI is InChI=1S/C22H21N3O2/c1-2-27-22(26)20-21(24-19-11-7-6-10-18(19)23-20)25-14-12-17(13-15-25)16-8-4-3-5-9-16/h3-12H,2,13-15H2,1H3. The van der Waals surface area contributed by atoms with Crippen LogP contribution in [-0.2, 0) is 4.74 Å². The van der Waals surface area contributed by atoms with Gasteiger partial charge in [-0.15, -0.1) is 0 Å². The van der Waals surface area contributed by atoms with Crippen LogP contribution in [0.25, 0.3) is 16.6 Å². The Labute approximate surface area is 158 Å². The zero-order chi connectivity index (χ0) is 18.6. The van der Waals surface area contributed by atoms with Gasteiger partial charge in [-0.1, -0.05) is 48.5 Å². The molecule has 0 bridgehead atoms. The summed E-state index contributed by atoms with van der Waals surface area (Å²) in [7, 11) is 0. The molecular formula is C22H21N3O2. The monoisotopic (exact) mass is 359 g/mol. The maximum atomic E-state index is 12.5. The Bertz CT molecular complexity index is 999. The second kappa shape index (κ2) is 7.58. The maximum Gasteiger partial charge on any atom is 0.360 e. The van der Waals surface area contributed by atoms with Crippen molar-refractivity contribution in [1.29, 1.82) is 0 Å². The lowest BCUT2D eigenvalue weighted by molar-refractivity contribution is 0.0520. The average Bonchev–Trinajstić information content (AvgIpc) is 2.74. The van der Waals surface area contributed by atoms with Crippen molar-refractivity contribution in [2.75, 3.05) is 24.6 Å². The second-order valence-electron chi connectivity index (χ2n) is 6.40. The molecule has 1 aliphatic heterocycles. The largest absolute Gasteiger partial charge is 0.461 e. The normalized spacial score (nSPS) is 14.1. The maximum absolute atomic E-state index is 12.5. The van der Waals surface area contributed by atoms with Gasteiger partial charge in [-0.3, -0.25) is 0 Å². The summed E-state index contributed by atoms with van der Waals surface area (Å²) in [5.74, 6) is 0.166. The van der Waals surface area contributed by atoms with Crippen molar-refractivity contribution in [2.45, 2.75) is 13.3 Å². The summed E-state index contributed by atoms with van der Waals surface area (Å²) in [5.41, 5.74) is 4.32. The van der Waals surface area contributed by atoms with Crippen molar-refractivity contribution >= 4 is 28.4 Å². The molecule has 1 aliphatic rings. The van der Waals surface area contributed by atoms with Gasteiger partial charge in [-0.25, -0.2) is 14.8 Å². The number of benzene rings is 2. The van der Waals surface area contributed by atoms with Crippen LogP contribution < -0.4 is 4.90 Å². The summed E-state index contributed by atoms with van der Waals surface area (Å²) in [6, 6.07) is 18.0. The molecule has 27 heavy (non-hydrogen) atoms. The summed E-state index contributed by atoms with van der Waals surface area (Å²) in [6.07, 6.45) is 3.09. The minimum Gasteiger partial charge on any atom is -0.461 e. The van der Waals surface area contributed by atoms with Gasteiger partial charge >= 0.3 is 5.97 Å². The molecule has 0 N–H and O–H groups in total. The molecule has 4 rings (SSSR count). The van der Waals surface area contributed by atoms with E-state index in [1.54, 1.807) is 6.92 Å². The van der Waals surface area contributed by atoms with Gasteiger partial charge in [-0.05, 0) is 36.6 Å². The molecule has 0 unspecified atom stereocenters. The van der Waals surface area contributed by atoms with Crippen LogP contribution in [0, 0.1) is 0 Å². The van der Waals surface area contributed by atoms with Crippen LogP contribution in [-0.4, -0.2) is 35.6 Å². The van der Waals surface area contributed by atoms with Gasteiger partial charge in [0.05, 0.1) is 17.6 Å². The quantitative estimate of drug-likeness (QED) is 0.657. The van der Waals surface area contributed by atoms with Crippen LogP contribution in [0.1, 0.15) is 29.4 Å². The van der Waals surface area contributed by atoms with E-state index in [0.717, 1.165) is 18.5 Å². The van der Waals surface area contributed by atoms with E-state index in [1.165, 1.54) is 11.1 Å². The van der Waals surface area contributed by atoms with Crippen molar-refractivity contribution in [3.8, 4) is 0 Å². The first kappa shape index (κ1) is 17.2. The predicted octanol–water partition coefficient (Wildman–Crippen LogP) is 4.10. The second-order valence-corrected chi connectivity index (χ2v) is 6.40. The average molecular weight is 359 g/mol. The number of aromatic nitrogens is 2. The molecule has 0 aliphatic carbocycles. The van der Waals surface area contributed by atoms with E-state index >= 15 is 0 Å². The number of carbonyl (C=O) groups is 1. The fraction of sp³-hybridized carbons (Fsp3) is 0.227. The van der Waals surface area contributed by atoms with Crippen molar-refractivity contribution in [1.82, 2.24) is 9.97 Å². The Balaban J connectivity index is 1.69. The molecule has 2 aromatic carbocycles. The van der Waals surface area contributed by atoms with Gasteiger partial charge < -0.3 is 9.64 Å². The van der Waals surface area contributed by atoms with Crippen molar-refractivity contribution in [3.63, 3.8) is 0 Å². The zero-order valence-electron chi connectivity index (χ0n) is 15.3. The highest BCUT2D eigenvalue weighted by atomic mass is 16.5. The van der Waals surface area contributed by atoms with Crippen LogP contribution in [0.5, 0.6) is 0 Å². The van der Waals surface area contributed by atoms with Gasteiger partial charge in [0.15, 0.2) is 11.5 Å². The number of para-hydroxylation sites is 2. The van der Waals surface area contributed by atoms with Crippen LogP contribution >= 0.6 is 0 Å². The van der Waals surface area contributed by atoms with Gasteiger partial charge in [0, 0.05) is 13.1 Å². The lowest BCUT2D eigenvalue weighted by Crippen LogP contribution is -2.31. The Morgan fingerprint density at radius 1 is 1.04 bits per heavy atom. The van der Waals surface area contributed by atoms with E-state index in [4.69, 9.17) is 9.72 Å². The number of rotatable bonds is 4. The lowest BCUT2D eigenvalue weighted by atomic mass is 9.99. The number of fused-ring (bicyclic) bond motifs is 1. The minimum atomic E-state index is -0.427. The Morgan fingerprint density at radius 2 is 1.74 bits per heavy atom. The van der Waals surface area contributed by atoms with Crippen molar-refractivity contribution in [3.05, 3.63) is 71.9 Å². The van der Waals surface area contributed by atoms with Gasteiger partial charge in [0.25, 0.3) is 0 Å². The first-order valence-electron chi connectivity index (χ1n) is 9.19. The summed E-state index contributed by atoms with van der Waals surface area (Å²) < 4.78 is 5.22. The molecule has 0 atom stereocenters. The van der Waals surface area contributed by atoms with E-state index in [1.807, 2.05) is 30.3 Å². The molecule has 2 heterocycles. The number of hydrogen-bond donors (Lipinski definition) is 0. The number of nitrogens with zero attached hydrogens (tertiary/aromatic N) is 3. The molecule has 0 spiro atoms. The number of esters is 1. The third-order valence-corrected chi connectivity index (χ3v) is 4.67. The highest BCUT2D eigenvalue weighted by Crippen LogP contribution is 2.27. The fourth-order valence-corrected chi connectivity index (χ4v) is 3.32. The van der Waals surface area contributed by atoms with Gasteiger partial charge in [-0.2, -0.15) is 0 Å². The van der Waals surface area contributed by atoms with Crippen LogP contribution in [0.2, 0.25) is 0 Å². The highest BCUT2D eigenvalue weighted by molar-refractivity contribution is 5.95. The third-order valence-electron chi connectivity index (χ3n) is 4.67. The number of carbonyl (C=O) groups excluding carboxylic acids is 1. The van der Waals surface area contributed by atoms with Crippen molar-refractivity contribution in [2.24, 2.45) is 0 Å². The Kier molecular flexibility index (Phi) is 4.83. The Morgan fingerprint density at radius 3 is 2.41 bits per heavy atom. The zero-order valence-corrected chi connectivity index (χ0v) is 15.3. The van der Waals surface area contributed by atoms with Crippen molar-refractivity contribution < 1.29 is 9.53 Å². The molecule has 3 aromatic rings. The SMILES string of the molecule is CCOC(=O)c1nc2ccccc2nc1N1CC=C(c2ccccc2)CC1. The van der Waals surface area contributed by atoms with Crippen LogP contribution in [0.15, 0.2) is 60.7 Å². The highest BCUT2D eigenvalue weighted by Gasteiger charge is 2.24. The molecule has 5 heteroatoms. The summed E-state index contributed by atoms with van der Waals surface area (Å²) in [5, 5.41) is 0. The number of anilines is 1. The molecule has 136 valence electrons. The Hall–Kier alpha value is -3.21. The third kappa shape index (κ3) is 3.53. The van der Waals surface area contributed by atoms with E-state index in [2.05, 4.69) is 40.2 Å². The molecule has 0 amide bonds. The molecule has 1 aromatic heterocycles. The molecular weight excluding hydrogens is 338 g/mol. The van der Waals surface area contributed by atoms with E-state index in [0.29, 0.717) is 24.5 Å². The predicted molar refractivity (Wildman–Crippen MR) is 107 cm³/mol. The van der Waals surface area contributed by atoms with E-state index < -0.39 is 5.97 Å². The molecule has 0 saturated carbocycles. The van der Waals surface area contributed by atoms with Crippen LogP contribution in [0.3, 0.4) is 0 Å². The van der Waals surface area contributed by atoms with Crippen LogP contribution in [0.4, 0.5) is 5.82 Å². The lowest BCUT2D eigenvalue weighted by Gasteiger charge is -2.28. The summed E-state index contributed by atoms with van der Waals surface area (Å²) in [4.78, 5) is 23.8. The van der Waals surface area contributed by atoms with E-state index in [9.17, 15) is 4.79 Å². The first-order valence-corrected chi connectivity index (χ1v) is 9.19. The molecule has 0 fully saturated rings.